The third-order valence-electron chi connectivity index (χ3n) is 4.06. The van der Waals surface area contributed by atoms with Crippen LogP contribution in [0.5, 0.6) is 0 Å². The number of hydrogen-bond acceptors (Lipinski definition) is 2. The summed E-state index contributed by atoms with van der Waals surface area (Å²) in [7, 11) is 0. The van der Waals surface area contributed by atoms with E-state index in [1.165, 1.54) is 38.5 Å². The SMILES string of the molecule is CCCCCCCC(=O)C12CCCCC1O2. The minimum atomic E-state index is -0.289. The molecule has 2 heteroatoms. The topological polar surface area (TPSA) is 29.6 Å². The lowest BCUT2D eigenvalue weighted by molar-refractivity contribution is -0.124. The van der Waals surface area contributed by atoms with Gasteiger partial charge in [-0.3, -0.25) is 4.79 Å². The molecule has 0 aromatic heterocycles. The number of rotatable bonds is 7. The van der Waals surface area contributed by atoms with Crippen LogP contribution < -0.4 is 0 Å². The largest absolute Gasteiger partial charge is 0.358 e. The minimum Gasteiger partial charge on any atom is -0.358 e. The second-order valence-electron chi connectivity index (χ2n) is 5.33. The van der Waals surface area contributed by atoms with E-state index in [-0.39, 0.29) is 5.60 Å². The molecule has 2 aliphatic rings. The normalized spacial score (nSPS) is 32.2. The van der Waals surface area contributed by atoms with E-state index in [9.17, 15) is 4.79 Å². The number of carbonyl (C=O) groups is 1. The highest BCUT2D eigenvalue weighted by Crippen LogP contribution is 2.49. The van der Waals surface area contributed by atoms with Crippen LogP contribution in [0, 0.1) is 0 Å². The van der Waals surface area contributed by atoms with Gasteiger partial charge in [-0.25, -0.2) is 0 Å². The first kappa shape index (κ1) is 12.1. The molecule has 1 aliphatic carbocycles. The van der Waals surface area contributed by atoms with Crippen LogP contribution in [0.4, 0.5) is 0 Å². The molecule has 0 amide bonds. The molecule has 1 saturated heterocycles. The quantitative estimate of drug-likeness (QED) is 0.488. The van der Waals surface area contributed by atoms with E-state index >= 15 is 0 Å². The maximum absolute atomic E-state index is 12.1. The van der Waals surface area contributed by atoms with Gasteiger partial charge in [-0.1, -0.05) is 39.0 Å². The first-order valence-electron chi connectivity index (χ1n) is 7.01. The lowest BCUT2D eigenvalue weighted by Gasteiger charge is -2.15. The van der Waals surface area contributed by atoms with Gasteiger partial charge in [-0.2, -0.15) is 0 Å². The van der Waals surface area contributed by atoms with Crippen LogP contribution in [-0.4, -0.2) is 17.5 Å². The fourth-order valence-corrected chi connectivity index (χ4v) is 2.93. The first-order valence-corrected chi connectivity index (χ1v) is 7.01. The van der Waals surface area contributed by atoms with Gasteiger partial charge in [0.2, 0.25) is 0 Å². The van der Waals surface area contributed by atoms with Crippen molar-refractivity contribution in [1.82, 2.24) is 0 Å². The lowest BCUT2D eigenvalue weighted by Crippen LogP contribution is -2.29. The number of ketones is 1. The van der Waals surface area contributed by atoms with Crippen LogP contribution in [0.15, 0.2) is 0 Å². The molecule has 1 heterocycles. The Kier molecular flexibility index (Phi) is 4.01. The number of fused-ring (bicyclic) bond motifs is 1. The monoisotopic (exact) mass is 224 g/mol. The van der Waals surface area contributed by atoms with Gasteiger partial charge in [0.15, 0.2) is 11.4 Å². The van der Waals surface area contributed by atoms with Crippen LogP contribution in [0.2, 0.25) is 0 Å². The maximum atomic E-state index is 12.1. The lowest BCUT2D eigenvalue weighted by atomic mass is 9.84. The number of ether oxygens (including phenoxy) is 1. The van der Waals surface area contributed by atoms with Crippen molar-refractivity contribution < 1.29 is 9.53 Å². The highest BCUT2D eigenvalue weighted by atomic mass is 16.6. The Morgan fingerprint density at radius 3 is 2.81 bits per heavy atom. The van der Waals surface area contributed by atoms with Crippen LogP contribution in [0.25, 0.3) is 0 Å². The van der Waals surface area contributed by atoms with Gasteiger partial charge in [0.25, 0.3) is 0 Å². The van der Waals surface area contributed by atoms with E-state index in [2.05, 4.69) is 6.92 Å². The van der Waals surface area contributed by atoms with Crippen molar-refractivity contribution in [3.8, 4) is 0 Å². The molecule has 0 aromatic rings. The average molecular weight is 224 g/mol. The van der Waals surface area contributed by atoms with Crippen molar-refractivity contribution in [3.63, 3.8) is 0 Å². The summed E-state index contributed by atoms with van der Waals surface area (Å²) in [6.45, 7) is 2.22. The van der Waals surface area contributed by atoms with E-state index in [0.29, 0.717) is 11.9 Å². The molecular weight excluding hydrogens is 200 g/mol. The summed E-state index contributed by atoms with van der Waals surface area (Å²) in [6.07, 6.45) is 11.7. The zero-order valence-corrected chi connectivity index (χ0v) is 10.5. The number of epoxide rings is 1. The summed E-state index contributed by atoms with van der Waals surface area (Å²) in [5.74, 6) is 0.397. The fourth-order valence-electron chi connectivity index (χ4n) is 2.93. The van der Waals surface area contributed by atoms with E-state index < -0.39 is 0 Å². The number of hydrogen-bond donors (Lipinski definition) is 0. The van der Waals surface area contributed by atoms with Gasteiger partial charge in [0.1, 0.15) is 0 Å². The molecule has 2 fully saturated rings. The van der Waals surface area contributed by atoms with E-state index in [4.69, 9.17) is 4.74 Å². The summed E-state index contributed by atoms with van der Waals surface area (Å²) < 4.78 is 5.66. The molecule has 1 aliphatic heterocycles. The van der Waals surface area contributed by atoms with Gasteiger partial charge in [-0.15, -0.1) is 0 Å². The van der Waals surface area contributed by atoms with Crippen LogP contribution in [-0.2, 0) is 9.53 Å². The summed E-state index contributed by atoms with van der Waals surface area (Å²) in [4.78, 5) is 12.1. The Labute approximate surface area is 98.7 Å². The maximum Gasteiger partial charge on any atom is 0.167 e. The summed E-state index contributed by atoms with van der Waals surface area (Å²) in [5.41, 5.74) is -0.289. The average Bonchev–Trinajstić information content (AvgIpc) is 3.04. The molecule has 2 atom stereocenters. The van der Waals surface area contributed by atoms with Crippen LogP contribution in [0.3, 0.4) is 0 Å². The highest BCUT2D eigenvalue weighted by Gasteiger charge is 2.61. The molecule has 0 spiro atoms. The zero-order chi connectivity index (χ0) is 11.4. The molecule has 0 bridgehead atoms. The van der Waals surface area contributed by atoms with Crippen molar-refractivity contribution in [2.45, 2.75) is 82.8 Å². The van der Waals surface area contributed by atoms with E-state index in [1.54, 1.807) is 0 Å². The Balaban J connectivity index is 1.65. The standard InChI is InChI=1S/C14H24O2/c1-2-3-4-5-6-9-12(15)14-11-8-7-10-13(14)16-14/h13H,2-11H2,1H3. The first-order chi connectivity index (χ1) is 7.79. The number of unbranched alkanes of at least 4 members (excludes halogenated alkanes) is 4. The molecular formula is C14H24O2. The van der Waals surface area contributed by atoms with Crippen molar-refractivity contribution >= 4 is 5.78 Å². The smallest absolute Gasteiger partial charge is 0.167 e. The predicted octanol–water partition coefficient (Wildman–Crippen LogP) is 3.63. The third kappa shape index (κ3) is 2.48. The molecule has 0 N–H and O–H groups in total. The molecule has 2 nitrogen and oxygen atoms in total. The summed E-state index contributed by atoms with van der Waals surface area (Å²) in [6, 6.07) is 0. The Hall–Kier alpha value is -0.370. The predicted molar refractivity (Wildman–Crippen MR) is 64.5 cm³/mol. The molecule has 16 heavy (non-hydrogen) atoms. The molecule has 2 rings (SSSR count). The van der Waals surface area contributed by atoms with E-state index in [1.807, 2.05) is 0 Å². The second-order valence-corrected chi connectivity index (χ2v) is 5.33. The van der Waals surface area contributed by atoms with Crippen molar-refractivity contribution in [2.24, 2.45) is 0 Å². The molecule has 0 radical (unpaired) electrons. The van der Waals surface area contributed by atoms with Crippen LogP contribution >= 0.6 is 0 Å². The molecule has 0 aromatic carbocycles. The van der Waals surface area contributed by atoms with Gasteiger partial charge in [-0.05, 0) is 25.7 Å². The Morgan fingerprint density at radius 1 is 1.25 bits per heavy atom. The molecule has 2 unspecified atom stereocenters. The molecule has 1 saturated carbocycles. The van der Waals surface area contributed by atoms with E-state index in [0.717, 1.165) is 25.7 Å². The number of Topliss-reactive ketones (excluding diaryl/α,β-unsaturated/α-hetero) is 1. The Bertz CT molecular complexity index is 249. The van der Waals surface area contributed by atoms with Gasteiger partial charge >= 0.3 is 0 Å². The Morgan fingerprint density at radius 2 is 2.06 bits per heavy atom. The zero-order valence-electron chi connectivity index (χ0n) is 10.5. The van der Waals surface area contributed by atoms with Crippen molar-refractivity contribution in [1.29, 1.82) is 0 Å². The van der Waals surface area contributed by atoms with Gasteiger partial charge in [0.05, 0.1) is 6.10 Å². The highest BCUT2D eigenvalue weighted by molar-refractivity contribution is 5.90. The number of carbonyl (C=O) groups excluding carboxylic acids is 1. The van der Waals surface area contributed by atoms with Gasteiger partial charge < -0.3 is 4.74 Å². The van der Waals surface area contributed by atoms with Crippen LogP contribution in [0.1, 0.15) is 71.1 Å². The minimum absolute atomic E-state index is 0.289. The van der Waals surface area contributed by atoms with Crippen molar-refractivity contribution in [3.05, 3.63) is 0 Å². The van der Waals surface area contributed by atoms with Crippen molar-refractivity contribution in [2.75, 3.05) is 0 Å². The molecule has 92 valence electrons. The third-order valence-corrected chi connectivity index (χ3v) is 4.06. The second kappa shape index (κ2) is 5.31. The fraction of sp³-hybridized carbons (Fsp3) is 0.929. The summed E-state index contributed by atoms with van der Waals surface area (Å²) in [5, 5.41) is 0. The summed E-state index contributed by atoms with van der Waals surface area (Å²) >= 11 is 0. The van der Waals surface area contributed by atoms with Gasteiger partial charge in [0, 0.05) is 6.42 Å².